The first-order valence-electron chi connectivity index (χ1n) is 10.1. The summed E-state index contributed by atoms with van der Waals surface area (Å²) in [7, 11) is 0. The number of benzene rings is 2. The lowest BCUT2D eigenvalue weighted by Gasteiger charge is -2.34. The van der Waals surface area contributed by atoms with Crippen molar-refractivity contribution in [3.63, 3.8) is 0 Å². The lowest BCUT2D eigenvalue weighted by molar-refractivity contribution is -0.140. The molecule has 0 radical (unpaired) electrons. The van der Waals surface area contributed by atoms with Crippen LogP contribution in [-0.4, -0.2) is 42.2 Å². The molecule has 1 atom stereocenters. The number of carboxylic acid groups (broad SMARTS) is 1. The van der Waals surface area contributed by atoms with Crippen molar-refractivity contribution < 1.29 is 14.3 Å². The average Bonchev–Trinajstić information content (AvgIpc) is 3.17. The number of fused-ring (bicyclic) bond motifs is 1. The second-order valence-corrected chi connectivity index (χ2v) is 7.48. The highest BCUT2D eigenvalue weighted by Gasteiger charge is 2.32. The van der Waals surface area contributed by atoms with E-state index in [9.17, 15) is 14.3 Å². The molecule has 2 aromatic rings. The molecule has 150 valence electrons. The zero-order valence-electron chi connectivity index (χ0n) is 16.4. The first-order chi connectivity index (χ1) is 13.6. The van der Waals surface area contributed by atoms with E-state index in [2.05, 4.69) is 29.3 Å². The minimum Gasteiger partial charge on any atom is -0.481 e. The first-order valence-corrected chi connectivity index (χ1v) is 10.1. The zero-order chi connectivity index (χ0) is 19.9. The fraction of sp³-hybridized carbons (Fsp3) is 0.435. The fourth-order valence-electron chi connectivity index (χ4n) is 4.14. The molecule has 2 aliphatic rings. The zero-order valence-corrected chi connectivity index (χ0v) is 16.4. The Hall–Kier alpha value is -2.40. The second-order valence-electron chi connectivity index (χ2n) is 7.48. The van der Waals surface area contributed by atoms with Gasteiger partial charge < -0.3 is 15.3 Å². The number of hydrogen-bond donors (Lipinski definition) is 2. The van der Waals surface area contributed by atoms with Gasteiger partial charge in [-0.2, -0.15) is 0 Å². The molecule has 2 aliphatic heterocycles. The largest absolute Gasteiger partial charge is 0.481 e. The van der Waals surface area contributed by atoms with Gasteiger partial charge in [-0.3, -0.25) is 4.79 Å². The van der Waals surface area contributed by atoms with E-state index in [4.69, 9.17) is 0 Å². The molecule has 0 aromatic heterocycles. The van der Waals surface area contributed by atoms with Gasteiger partial charge in [0.2, 0.25) is 0 Å². The topological polar surface area (TPSA) is 52.6 Å². The third kappa shape index (κ3) is 5.10. The highest BCUT2D eigenvalue weighted by Crippen LogP contribution is 2.35. The van der Waals surface area contributed by atoms with Crippen LogP contribution < -0.4 is 5.32 Å². The SMILES string of the molecule is CCN1CCC(C(C(=O)O)c2ccc3c(c2)NCC3)CC1.Fc1ccccc1. The van der Waals surface area contributed by atoms with Crippen LogP contribution in [0.3, 0.4) is 0 Å². The molecular weight excluding hydrogens is 355 g/mol. The molecule has 5 heteroatoms. The van der Waals surface area contributed by atoms with Crippen molar-refractivity contribution in [1.29, 1.82) is 0 Å². The Labute approximate surface area is 166 Å². The number of piperidine rings is 1. The van der Waals surface area contributed by atoms with Gasteiger partial charge in [0.25, 0.3) is 0 Å². The average molecular weight is 384 g/mol. The molecule has 2 aromatic carbocycles. The van der Waals surface area contributed by atoms with E-state index in [1.54, 1.807) is 18.2 Å². The molecule has 0 bridgehead atoms. The third-order valence-electron chi connectivity index (χ3n) is 5.75. The Balaban J connectivity index is 0.000000271. The number of carbonyl (C=O) groups is 1. The number of carboxylic acids is 1. The molecule has 1 unspecified atom stereocenters. The van der Waals surface area contributed by atoms with E-state index in [0.717, 1.165) is 56.7 Å². The van der Waals surface area contributed by atoms with Crippen molar-refractivity contribution in [2.75, 3.05) is 31.5 Å². The molecule has 28 heavy (non-hydrogen) atoms. The highest BCUT2D eigenvalue weighted by atomic mass is 19.1. The van der Waals surface area contributed by atoms with E-state index in [-0.39, 0.29) is 17.7 Å². The summed E-state index contributed by atoms with van der Waals surface area (Å²) in [6.07, 6.45) is 3.01. The molecule has 2 heterocycles. The Bertz CT molecular complexity index is 773. The van der Waals surface area contributed by atoms with E-state index in [1.807, 2.05) is 6.07 Å². The minimum absolute atomic E-state index is 0.178. The molecule has 1 fully saturated rings. The maximum Gasteiger partial charge on any atom is 0.311 e. The lowest BCUT2D eigenvalue weighted by atomic mass is 9.79. The van der Waals surface area contributed by atoms with Gasteiger partial charge in [-0.25, -0.2) is 4.39 Å². The minimum atomic E-state index is -0.678. The van der Waals surface area contributed by atoms with Gasteiger partial charge in [-0.15, -0.1) is 0 Å². The fourth-order valence-corrected chi connectivity index (χ4v) is 4.14. The molecule has 2 N–H and O–H groups in total. The third-order valence-corrected chi connectivity index (χ3v) is 5.75. The van der Waals surface area contributed by atoms with Crippen molar-refractivity contribution >= 4 is 11.7 Å². The maximum absolute atomic E-state index is 11.9. The van der Waals surface area contributed by atoms with Gasteiger partial charge in [0, 0.05) is 12.2 Å². The van der Waals surface area contributed by atoms with Gasteiger partial charge in [-0.05, 0) is 74.1 Å². The number of nitrogens with one attached hydrogen (secondary N) is 1. The molecule has 0 amide bonds. The van der Waals surface area contributed by atoms with Crippen LogP contribution in [-0.2, 0) is 11.2 Å². The smallest absolute Gasteiger partial charge is 0.311 e. The summed E-state index contributed by atoms with van der Waals surface area (Å²) in [5.74, 6) is -0.966. The van der Waals surface area contributed by atoms with Crippen LogP contribution in [0.25, 0.3) is 0 Å². The monoisotopic (exact) mass is 384 g/mol. The number of anilines is 1. The Morgan fingerprint density at radius 1 is 1.21 bits per heavy atom. The van der Waals surface area contributed by atoms with Crippen LogP contribution in [0.1, 0.15) is 36.8 Å². The van der Waals surface area contributed by atoms with E-state index in [1.165, 1.54) is 17.7 Å². The standard InChI is InChI=1S/C17H24N2O2.C6H5F/c1-2-19-9-6-13(7-10-19)16(17(20)21)14-4-3-12-5-8-18-15(12)11-14;7-6-4-2-1-3-5-6/h3-4,11,13,16,18H,2,5-10H2,1H3,(H,20,21);1-5H. The predicted octanol–water partition coefficient (Wildman–Crippen LogP) is 4.38. The number of aliphatic carboxylic acids is 1. The van der Waals surface area contributed by atoms with Crippen LogP contribution >= 0.6 is 0 Å². The Morgan fingerprint density at radius 3 is 2.50 bits per heavy atom. The maximum atomic E-state index is 11.9. The number of likely N-dealkylation sites (tertiary alicyclic amines) is 1. The van der Waals surface area contributed by atoms with Crippen LogP contribution in [0.15, 0.2) is 48.5 Å². The highest BCUT2D eigenvalue weighted by molar-refractivity contribution is 5.77. The predicted molar refractivity (Wildman–Crippen MR) is 110 cm³/mol. The van der Waals surface area contributed by atoms with Crippen LogP contribution in [0.5, 0.6) is 0 Å². The summed E-state index contributed by atoms with van der Waals surface area (Å²) in [5.41, 5.74) is 3.40. The normalized spacial score (nSPS) is 17.8. The van der Waals surface area contributed by atoms with Crippen molar-refractivity contribution in [3.8, 4) is 0 Å². The molecule has 0 saturated carbocycles. The van der Waals surface area contributed by atoms with Crippen LogP contribution in [0, 0.1) is 11.7 Å². The number of rotatable bonds is 4. The Kier molecular flexibility index (Phi) is 7.04. The van der Waals surface area contributed by atoms with Gasteiger partial charge in [0.1, 0.15) is 5.82 Å². The summed E-state index contributed by atoms with van der Waals surface area (Å²) in [6, 6.07) is 14.1. The lowest BCUT2D eigenvalue weighted by Crippen LogP contribution is -2.37. The first kappa shape index (κ1) is 20.3. The molecule has 0 spiro atoms. The number of nitrogens with zero attached hydrogens (tertiary/aromatic N) is 1. The summed E-state index contributed by atoms with van der Waals surface area (Å²) < 4.78 is 11.9. The van der Waals surface area contributed by atoms with Crippen LogP contribution in [0.4, 0.5) is 10.1 Å². The molecular formula is C23H29FN2O2. The number of hydrogen-bond acceptors (Lipinski definition) is 3. The molecule has 4 rings (SSSR count). The quantitative estimate of drug-likeness (QED) is 0.821. The van der Waals surface area contributed by atoms with E-state index < -0.39 is 5.97 Å². The summed E-state index contributed by atoms with van der Waals surface area (Å²) in [4.78, 5) is 14.2. The summed E-state index contributed by atoms with van der Waals surface area (Å²) >= 11 is 0. The summed E-state index contributed by atoms with van der Waals surface area (Å²) in [5, 5.41) is 13.1. The van der Waals surface area contributed by atoms with Gasteiger partial charge in [0.05, 0.1) is 5.92 Å². The Morgan fingerprint density at radius 2 is 1.93 bits per heavy atom. The summed E-state index contributed by atoms with van der Waals surface area (Å²) in [6.45, 7) is 6.24. The van der Waals surface area contributed by atoms with Gasteiger partial charge in [0.15, 0.2) is 0 Å². The second kappa shape index (κ2) is 9.69. The van der Waals surface area contributed by atoms with Crippen molar-refractivity contribution in [3.05, 3.63) is 65.5 Å². The molecule has 0 aliphatic carbocycles. The van der Waals surface area contributed by atoms with Crippen LogP contribution in [0.2, 0.25) is 0 Å². The van der Waals surface area contributed by atoms with Crippen molar-refractivity contribution in [1.82, 2.24) is 4.90 Å². The van der Waals surface area contributed by atoms with E-state index >= 15 is 0 Å². The molecule has 4 nitrogen and oxygen atoms in total. The molecule has 1 saturated heterocycles. The van der Waals surface area contributed by atoms with Gasteiger partial charge >= 0.3 is 5.97 Å². The number of halogens is 1. The van der Waals surface area contributed by atoms with E-state index in [0.29, 0.717) is 0 Å². The van der Waals surface area contributed by atoms with Crippen molar-refractivity contribution in [2.45, 2.75) is 32.1 Å². The van der Waals surface area contributed by atoms with Gasteiger partial charge in [-0.1, -0.05) is 37.3 Å². The van der Waals surface area contributed by atoms with Crippen molar-refractivity contribution in [2.24, 2.45) is 5.92 Å².